The van der Waals surface area contributed by atoms with E-state index >= 15 is 0 Å². The standard InChI is InChI=1S/C14H19N5O/c1-5-15-12-17-13(19-14(18-12)20-4)16-11-7-6-9(2)10(3)8-11/h6-8H,5H2,1-4H3,(H2,15,16,17,18,19). The molecule has 20 heavy (non-hydrogen) atoms. The maximum atomic E-state index is 5.08. The lowest BCUT2D eigenvalue weighted by Crippen LogP contribution is -2.08. The fraction of sp³-hybridized carbons (Fsp3) is 0.357. The monoisotopic (exact) mass is 273 g/mol. The summed E-state index contributed by atoms with van der Waals surface area (Å²) in [6.07, 6.45) is 0. The summed E-state index contributed by atoms with van der Waals surface area (Å²) in [7, 11) is 1.53. The van der Waals surface area contributed by atoms with Gasteiger partial charge in [0, 0.05) is 12.2 Å². The lowest BCUT2D eigenvalue weighted by atomic mass is 10.1. The minimum atomic E-state index is 0.280. The Balaban J connectivity index is 2.27. The van der Waals surface area contributed by atoms with E-state index in [2.05, 4.69) is 51.6 Å². The van der Waals surface area contributed by atoms with Gasteiger partial charge < -0.3 is 15.4 Å². The van der Waals surface area contributed by atoms with Crippen LogP contribution in [0.3, 0.4) is 0 Å². The van der Waals surface area contributed by atoms with Gasteiger partial charge in [-0.1, -0.05) is 6.07 Å². The van der Waals surface area contributed by atoms with Crippen molar-refractivity contribution in [1.82, 2.24) is 15.0 Å². The maximum absolute atomic E-state index is 5.08. The third kappa shape index (κ3) is 3.34. The molecular formula is C14H19N5O. The fourth-order valence-corrected chi connectivity index (χ4v) is 1.69. The van der Waals surface area contributed by atoms with Gasteiger partial charge in [0.15, 0.2) is 0 Å². The third-order valence-electron chi connectivity index (χ3n) is 2.90. The van der Waals surface area contributed by atoms with Crippen molar-refractivity contribution in [2.24, 2.45) is 0 Å². The van der Waals surface area contributed by atoms with Gasteiger partial charge in [-0.3, -0.25) is 0 Å². The Labute approximate surface area is 118 Å². The molecule has 0 radical (unpaired) electrons. The highest BCUT2D eigenvalue weighted by molar-refractivity contribution is 5.56. The Morgan fingerprint density at radius 1 is 1.05 bits per heavy atom. The molecule has 0 saturated carbocycles. The van der Waals surface area contributed by atoms with Crippen molar-refractivity contribution < 1.29 is 4.74 Å². The van der Waals surface area contributed by atoms with E-state index in [1.807, 2.05) is 13.0 Å². The normalized spacial score (nSPS) is 10.2. The number of rotatable bonds is 5. The van der Waals surface area contributed by atoms with Gasteiger partial charge in [0.1, 0.15) is 0 Å². The van der Waals surface area contributed by atoms with Crippen LogP contribution >= 0.6 is 0 Å². The molecule has 0 aliphatic heterocycles. The second-order valence-electron chi connectivity index (χ2n) is 4.42. The van der Waals surface area contributed by atoms with E-state index in [1.54, 1.807) is 0 Å². The third-order valence-corrected chi connectivity index (χ3v) is 2.90. The minimum absolute atomic E-state index is 0.280. The van der Waals surface area contributed by atoms with Gasteiger partial charge in [0.05, 0.1) is 7.11 Å². The number of nitrogens with one attached hydrogen (secondary N) is 2. The Hall–Kier alpha value is -2.37. The van der Waals surface area contributed by atoms with Gasteiger partial charge in [0.25, 0.3) is 0 Å². The van der Waals surface area contributed by atoms with Crippen molar-refractivity contribution >= 4 is 17.6 Å². The van der Waals surface area contributed by atoms with Crippen LogP contribution in [0, 0.1) is 13.8 Å². The summed E-state index contributed by atoms with van der Waals surface area (Å²) in [5, 5.41) is 6.21. The summed E-state index contributed by atoms with van der Waals surface area (Å²) >= 11 is 0. The molecule has 1 aromatic heterocycles. The quantitative estimate of drug-likeness (QED) is 0.872. The molecule has 2 aromatic rings. The molecule has 0 atom stereocenters. The number of benzene rings is 1. The molecule has 0 aliphatic carbocycles. The van der Waals surface area contributed by atoms with Gasteiger partial charge in [-0.15, -0.1) is 0 Å². The van der Waals surface area contributed by atoms with Crippen molar-refractivity contribution in [3.63, 3.8) is 0 Å². The number of nitrogens with zero attached hydrogens (tertiary/aromatic N) is 3. The maximum Gasteiger partial charge on any atom is 0.322 e. The molecule has 0 amide bonds. The first-order valence-corrected chi connectivity index (χ1v) is 6.50. The van der Waals surface area contributed by atoms with Crippen molar-refractivity contribution in [2.45, 2.75) is 20.8 Å². The van der Waals surface area contributed by atoms with Crippen LogP contribution in [-0.2, 0) is 0 Å². The molecule has 2 N–H and O–H groups in total. The molecule has 0 fully saturated rings. The van der Waals surface area contributed by atoms with Crippen LogP contribution in [0.1, 0.15) is 18.1 Å². The molecule has 1 aromatic carbocycles. The smallest absolute Gasteiger partial charge is 0.322 e. The Morgan fingerprint density at radius 3 is 2.45 bits per heavy atom. The molecule has 0 spiro atoms. The van der Waals surface area contributed by atoms with Crippen molar-refractivity contribution in [3.8, 4) is 6.01 Å². The lowest BCUT2D eigenvalue weighted by Gasteiger charge is -2.09. The molecule has 6 heteroatoms. The SMILES string of the molecule is CCNc1nc(Nc2ccc(C)c(C)c2)nc(OC)n1. The lowest BCUT2D eigenvalue weighted by molar-refractivity contribution is 0.379. The van der Waals surface area contributed by atoms with Crippen molar-refractivity contribution in [2.75, 3.05) is 24.3 Å². The molecule has 0 bridgehead atoms. The van der Waals surface area contributed by atoms with Crippen LogP contribution in [0.25, 0.3) is 0 Å². The summed E-state index contributed by atoms with van der Waals surface area (Å²) in [5.74, 6) is 0.946. The predicted molar refractivity (Wildman–Crippen MR) is 79.7 cm³/mol. The van der Waals surface area contributed by atoms with E-state index in [0.717, 1.165) is 12.2 Å². The summed E-state index contributed by atoms with van der Waals surface area (Å²) < 4.78 is 5.08. The molecule has 106 valence electrons. The summed E-state index contributed by atoms with van der Waals surface area (Å²) in [6.45, 7) is 6.86. The highest BCUT2D eigenvalue weighted by atomic mass is 16.5. The number of aromatic nitrogens is 3. The first-order valence-electron chi connectivity index (χ1n) is 6.50. The molecule has 1 heterocycles. The Bertz CT molecular complexity index is 600. The first kappa shape index (κ1) is 14.0. The van der Waals surface area contributed by atoms with E-state index in [1.165, 1.54) is 18.2 Å². The first-order chi connectivity index (χ1) is 9.62. The molecule has 0 unspecified atom stereocenters. The van der Waals surface area contributed by atoms with Gasteiger partial charge >= 0.3 is 6.01 Å². The molecule has 0 aliphatic rings. The van der Waals surface area contributed by atoms with Crippen LogP contribution in [0.15, 0.2) is 18.2 Å². The zero-order valence-corrected chi connectivity index (χ0v) is 12.2. The van der Waals surface area contributed by atoms with Gasteiger partial charge in [-0.05, 0) is 44.0 Å². The molecule has 0 saturated heterocycles. The zero-order valence-electron chi connectivity index (χ0n) is 12.2. The zero-order chi connectivity index (χ0) is 14.5. The fourth-order valence-electron chi connectivity index (χ4n) is 1.69. The number of aryl methyl sites for hydroxylation is 2. The second kappa shape index (κ2) is 6.18. The largest absolute Gasteiger partial charge is 0.467 e. The molecular weight excluding hydrogens is 254 g/mol. The number of hydrogen-bond acceptors (Lipinski definition) is 6. The van der Waals surface area contributed by atoms with Crippen molar-refractivity contribution in [1.29, 1.82) is 0 Å². The number of anilines is 3. The van der Waals surface area contributed by atoms with Crippen LogP contribution in [0.4, 0.5) is 17.6 Å². The van der Waals surface area contributed by atoms with E-state index in [4.69, 9.17) is 4.74 Å². The number of hydrogen-bond donors (Lipinski definition) is 2. The second-order valence-corrected chi connectivity index (χ2v) is 4.42. The van der Waals surface area contributed by atoms with Gasteiger partial charge in [-0.25, -0.2) is 0 Å². The predicted octanol–water partition coefficient (Wildman–Crippen LogP) is 2.67. The van der Waals surface area contributed by atoms with E-state index < -0.39 is 0 Å². The summed E-state index contributed by atoms with van der Waals surface area (Å²) in [5.41, 5.74) is 3.39. The Kier molecular flexibility index (Phi) is 4.34. The highest BCUT2D eigenvalue weighted by Gasteiger charge is 2.07. The van der Waals surface area contributed by atoms with Gasteiger partial charge in [0.2, 0.25) is 11.9 Å². The van der Waals surface area contributed by atoms with Gasteiger partial charge in [-0.2, -0.15) is 15.0 Å². The van der Waals surface area contributed by atoms with Crippen LogP contribution < -0.4 is 15.4 Å². The average Bonchev–Trinajstić information content (AvgIpc) is 2.43. The van der Waals surface area contributed by atoms with E-state index in [9.17, 15) is 0 Å². The van der Waals surface area contributed by atoms with Crippen molar-refractivity contribution in [3.05, 3.63) is 29.3 Å². The Morgan fingerprint density at radius 2 is 1.80 bits per heavy atom. The molecule has 2 rings (SSSR count). The minimum Gasteiger partial charge on any atom is -0.467 e. The average molecular weight is 273 g/mol. The van der Waals surface area contributed by atoms with Crippen LogP contribution in [0.5, 0.6) is 6.01 Å². The van der Waals surface area contributed by atoms with Crippen LogP contribution in [0.2, 0.25) is 0 Å². The van der Waals surface area contributed by atoms with E-state index in [-0.39, 0.29) is 6.01 Å². The van der Waals surface area contributed by atoms with E-state index in [0.29, 0.717) is 11.9 Å². The number of ether oxygens (including phenoxy) is 1. The van der Waals surface area contributed by atoms with Crippen LogP contribution in [-0.4, -0.2) is 28.6 Å². The highest BCUT2D eigenvalue weighted by Crippen LogP contribution is 2.19. The molecule has 6 nitrogen and oxygen atoms in total. The summed E-state index contributed by atoms with van der Waals surface area (Å²) in [6, 6.07) is 6.38. The summed E-state index contributed by atoms with van der Waals surface area (Å²) in [4.78, 5) is 12.6. The topological polar surface area (TPSA) is 72.0 Å². The number of methoxy groups -OCH3 is 1.